The van der Waals surface area contributed by atoms with Crippen LogP contribution in [-0.4, -0.2) is 22.2 Å². The van der Waals surface area contributed by atoms with Gasteiger partial charge in [0.05, 0.1) is 11.8 Å². The van der Waals surface area contributed by atoms with Gasteiger partial charge in [0.15, 0.2) is 0 Å². The third-order valence-electron chi connectivity index (χ3n) is 2.93. The van der Waals surface area contributed by atoms with Crippen molar-refractivity contribution in [1.82, 2.24) is 0 Å². The summed E-state index contributed by atoms with van der Waals surface area (Å²) in [6, 6.07) is 0. The Balaban J connectivity index is 2.89. The van der Waals surface area contributed by atoms with Gasteiger partial charge in [-0.3, -0.25) is 9.59 Å². The van der Waals surface area contributed by atoms with Gasteiger partial charge in [-0.25, -0.2) is 0 Å². The first kappa shape index (κ1) is 10.0. The third kappa shape index (κ3) is 1.66. The molecule has 0 aliphatic heterocycles. The summed E-state index contributed by atoms with van der Waals surface area (Å²) in [6.45, 7) is 3.61. The molecule has 4 nitrogen and oxygen atoms in total. The summed E-state index contributed by atoms with van der Waals surface area (Å²) in [4.78, 5) is 21.6. The number of carboxylic acids is 2. The van der Waals surface area contributed by atoms with Crippen molar-refractivity contribution in [2.45, 2.75) is 20.3 Å². The lowest BCUT2D eigenvalue weighted by Crippen LogP contribution is -2.30. The van der Waals surface area contributed by atoms with Crippen LogP contribution in [0.15, 0.2) is 0 Å². The number of hydrogen-bond acceptors (Lipinski definition) is 2. The fourth-order valence-corrected chi connectivity index (χ4v) is 2.38. The van der Waals surface area contributed by atoms with E-state index in [0.717, 1.165) is 0 Å². The van der Waals surface area contributed by atoms with E-state index in [4.69, 9.17) is 10.2 Å². The van der Waals surface area contributed by atoms with Crippen LogP contribution in [0.1, 0.15) is 20.3 Å². The highest BCUT2D eigenvalue weighted by molar-refractivity contribution is 5.81. The van der Waals surface area contributed by atoms with Crippen LogP contribution in [0.4, 0.5) is 0 Å². The molecule has 0 aromatic heterocycles. The van der Waals surface area contributed by atoms with E-state index in [9.17, 15) is 9.59 Å². The van der Waals surface area contributed by atoms with Crippen LogP contribution < -0.4 is 0 Å². The normalized spacial score (nSPS) is 38.9. The van der Waals surface area contributed by atoms with Gasteiger partial charge in [0.2, 0.25) is 0 Å². The molecule has 0 bridgehead atoms. The molecule has 4 unspecified atom stereocenters. The van der Waals surface area contributed by atoms with Crippen LogP contribution in [0.5, 0.6) is 0 Å². The first-order chi connectivity index (χ1) is 5.95. The summed E-state index contributed by atoms with van der Waals surface area (Å²) in [6.07, 6.45) is 0.688. The zero-order chi connectivity index (χ0) is 10.2. The van der Waals surface area contributed by atoms with Crippen molar-refractivity contribution in [3.63, 3.8) is 0 Å². The molecule has 0 amide bonds. The number of carbonyl (C=O) groups is 2. The minimum Gasteiger partial charge on any atom is -0.481 e. The minimum atomic E-state index is -0.982. The molecule has 4 atom stereocenters. The SMILES string of the molecule is CC1CC(C)C(C(=O)O)C1C(=O)O. The molecule has 13 heavy (non-hydrogen) atoms. The average molecular weight is 186 g/mol. The predicted molar refractivity (Wildman–Crippen MR) is 45.2 cm³/mol. The van der Waals surface area contributed by atoms with E-state index in [1.165, 1.54) is 0 Å². The fourth-order valence-electron chi connectivity index (χ4n) is 2.38. The van der Waals surface area contributed by atoms with Gasteiger partial charge in [-0.05, 0) is 18.3 Å². The van der Waals surface area contributed by atoms with Crippen LogP contribution in [0.3, 0.4) is 0 Å². The maximum atomic E-state index is 10.8. The molecule has 1 aliphatic rings. The molecule has 2 N–H and O–H groups in total. The van der Waals surface area contributed by atoms with Gasteiger partial charge in [-0.2, -0.15) is 0 Å². The predicted octanol–water partition coefficient (Wildman–Crippen LogP) is 1.06. The molecule has 1 saturated carbocycles. The molecule has 0 radical (unpaired) electrons. The Morgan fingerprint density at radius 3 is 1.54 bits per heavy atom. The summed E-state index contributed by atoms with van der Waals surface area (Å²) in [5.41, 5.74) is 0. The van der Waals surface area contributed by atoms with Crippen molar-refractivity contribution in [1.29, 1.82) is 0 Å². The van der Waals surface area contributed by atoms with Crippen molar-refractivity contribution in [2.24, 2.45) is 23.7 Å². The summed E-state index contributed by atoms with van der Waals surface area (Å²) >= 11 is 0. The molecule has 1 fully saturated rings. The first-order valence-corrected chi connectivity index (χ1v) is 4.40. The molecule has 0 saturated heterocycles. The van der Waals surface area contributed by atoms with Crippen LogP contribution in [0, 0.1) is 23.7 Å². The number of carboxylic acid groups (broad SMARTS) is 2. The molecule has 0 spiro atoms. The van der Waals surface area contributed by atoms with Crippen molar-refractivity contribution >= 4 is 11.9 Å². The smallest absolute Gasteiger partial charge is 0.307 e. The van der Waals surface area contributed by atoms with Gasteiger partial charge in [0.25, 0.3) is 0 Å². The molecule has 0 aromatic carbocycles. The van der Waals surface area contributed by atoms with Crippen LogP contribution in [-0.2, 0) is 9.59 Å². The lowest BCUT2D eigenvalue weighted by atomic mass is 9.88. The van der Waals surface area contributed by atoms with Gasteiger partial charge >= 0.3 is 11.9 Å². The van der Waals surface area contributed by atoms with Gasteiger partial charge in [0, 0.05) is 0 Å². The number of hydrogen-bond donors (Lipinski definition) is 2. The Hall–Kier alpha value is -1.06. The molecule has 1 aliphatic carbocycles. The van der Waals surface area contributed by atoms with E-state index in [2.05, 4.69) is 0 Å². The molecule has 4 heteroatoms. The van der Waals surface area contributed by atoms with Crippen molar-refractivity contribution in [3.05, 3.63) is 0 Å². The quantitative estimate of drug-likeness (QED) is 0.676. The van der Waals surface area contributed by atoms with E-state index in [1.807, 2.05) is 0 Å². The standard InChI is InChI=1S/C9H14O4/c1-4-3-5(2)7(9(12)13)6(4)8(10)11/h4-7H,3H2,1-2H3,(H,10,11)(H,12,13). The number of aliphatic carboxylic acids is 2. The van der Waals surface area contributed by atoms with Gasteiger partial charge in [-0.15, -0.1) is 0 Å². The van der Waals surface area contributed by atoms with Crippen LogP contribution in [0.2, 0.25) is 0 Å². The molecule has 0 heterocycles. The van der Waals surface area contributed by atoms with Crippen molar-refractivity contribution in [3.8, 4) is 0 Å². The second kappa shape index (κ2) is 3.36. The largest absolute Gasteiger partial charge is 0.481 e. The molecule has 74 valence electrons. The Morgan fingerprint density at radius 2 is 1.31 bits per heavy atom. The maximum absolute atomic E-state index is 10.8. The van der Waals surface area contributed by atoms with E-state index < -0.39 is 23.8 Å². The summed E-state index contributed by atoms with van der Waals surface area (Å²) in [5, 5.41) is 17.7. The first-order valence-electron chi connectivity index (χ1n) is 4.40. The van der Waals surface area contributed by atoms with E-state index in [1.54, 1.807) is 13.8 Å². The van der Waals surface area contributed by atoms with E-state index >= 15 is 0 Å². The van der Waals surface area contributed by atoms with Gasteiger partial charge < -0.3 is 10.2 Å². The highest BCUT2D eigenvalue weighted by atomic mass is 16.4. The Morgan fingerprint density at radius 1 is 1.00 bits per heavy atom. The minimum absolute atomic E-state index is 0.0337. The van der Waals surface area contributed by atoms with Crippen LogP contribution in [0.25, 0.3) is 0 Å². The summed E-state index contributed by atoms with van der Waals surface area (Å²) in [5.74, 6) is -3.46. The number of rotatable bonds is 2. The maximum Gasteiger partial charge on any atom is 0.307 e. The highest BCUT2D eigenvalue weighted by Gasteiger charge is 2.47. The van der Waals surface area contributed by atoms with Crippen LogP contribution >= 0.6 is 0 Å². The lowest BCUT2D eigenvalue weighted by Gasteiger charge is -2.16. The third-order valence-corrected chi connectivity index (χ3v) is 2.93. The zero-order valence-corrected chi connectivity index (χ0v) is 7.73. The summed E-state index contributed by atoms with van der Waals surface area (Å²) in [7, 11) is 0. The monoisotopic (exact) mass is 186 g/mol. The zero-order valence-electron chi connectivity index (χ0n) is 7.73. The molecular weight excluding hydrogens is 172 g/mol. The van der Waals surface area contributed by atoms with Gasteiger partial charge in [-0.1, -0.05) is 13.8 Å². The van der Waals surface area contributed by atoms with Crippen molar-refractivity contribution < 1.29 is 19.8 Å². The Kier molecular flexibility index (Phi) is 2.59. The average Bonchev–Trinajstić information content (AvgIpc) is 2.24. The molecule has 1 rings (SSSR count). The lowest BCUT2D eigenvalue weighted by molar-refractivity contribution is -0.154. The molecule has 0 aromatic rings. The summed E-state index contributed by atoms with van der Waals surface area (Å²) < 4.78 is 0. The molecular formula is C9H14O4. The van der Waals surface area contributed by atoms with E-state index in [-0.39, 0.29) is 11.8 Å². The Labute approximate surface area is 76.6 Å². The fraction of sp³-hybridized carbons (Fsp3) is 0.778. The second-order valence-corrected chi connectivity index (χ2v) is 3.92. The Bertz CT molecular complexity index is 212. The topological polar surface area (TPSA) is 74.6 Å². The van der Waals surface area contributed by atoms with Crippen molar-refractivity contribution in [2.75, 3.05) is 0 Å². The second-order valence-electron chi connectivity index (χ2n) is 3.92. The van der Waals surface area contributed by atoms with E-state index in [0.29, 0.717) is 6.42 Å². The van der Waals surface area contributed by atoms with Gasteiger partial charge in [0.1, 0.15) is 0 Å². The highest BCUT2D eigenvalue weighted by Crippen LogP contribution is 2.41.